The smallest absolute Gasteiger partial charge is 0.260 e. The summed E-state index contributed by atoms with van der Waals surface area (Å²) in [4.78, 5) is 17.5. The number of allylic oxidation sites excluding steroid dienone is 3. The Bertz CT molecular complexity index is 726. The molecule has 1 amide bonds. The molecule has 25 heavy (non-hydrogen) atoms. The summed E-state index contributed by atoms with van der Waals surface area (Å²) in [5.41, 5.74) is 4.71. The van der Waals surface area contributed by atoms with Crippen LogP contribution in [-0.4, -0.2) is 37.6 Å². The summed E-state index contributed by atoms with van der Waals surface area (Å²) in [5, 5.41) is 3.18. The molecule has 4 nitrogen and oxygen atoms in total. The van der Waals surface area contributed by atoms with Gasteiger partial charge in [0.1, 0.15) is 0 Å². The minimum Gasteiger partial charge on any atom is -0.388 e. The van der Waals surface area contributed by atoms with E-state index in [2.05, 4.69) is 16.8 Å². The van der Waals surface area contributed by atoms with Crippen molar-refractivity contribution in [2.24, 2.45) is 0 Å². The van der Waals surface area contributed by atoms with E-state index in [0.29, 0.717) is 6.67 Å². The number of hydrogen-bond donors (Lipinski definition) is 1. The number of likely N-dealkylation sites (tertiary alicyclic amines) is 1. The molecule has 0 bridgehead atoms. The molecule has 1 N–H and O–H groups in total. The SMILES string of the molecule is C=C/C(C)=C(/C=C1\C(=O)N(CN2CCCCC2)c2ccccc21)NC. The molecule has 1 saturated heterocycles. The summed E-state index contributed by atoms with van der Waals surface area (Å²) in [6.45, 7) is 8.64. The Kier molecular flexibility index (Phi) is 5.39. The molecule has 1 aromatic rings. The van der Waals surface area contributed by atoms with Crippen LogP contribution >= 0.6 is 0 Å². The van der Waals surface area contributed by atoms with Gasteiger partial charge in [-0.25, -0.2) is 0 Å². The number of anilines is 1. The Morgan fingerprint density at radius 1 is 1.24 bits per heavy atom. The number of fused-ring (bicyclic) bond motifs is 1. The third kappa shape index (κ3) is 3.54. The number of hydrogen-bond acceptors (Lipinski definition) is 3. The lowest BCUT2D eigenvalue weighted by molar-refractivity contribution is -0.113. The lowest BCUT2D eigenvalue weighted by Crippen LogP contribution is -2.42. The summed E-state index contributed by atoms with van der Waals surface area (Å²) in [5.74, 6) is 0.0800. The van der Waals surface area contributed by atoms with Crippen molar-refractivity contribution in [3.63, 3.8) is 0 Å². The van der Waals surface area contributed by atoms with E-state index >= 15 is 0 Å². The Labute approximate surface area is 150 Å². The van der Waals surface area contributed by atoms with Gasteiger partial charge in [0.15, 0.2) is 0 Å². The quantitative estimate of drug-likeness (QED) is 0.659. The van der Waals surface area contributed by atoms with E-state index in [1.807, 2.05) is 49.2 Å². The molecule has 4 heteroatoms. The van der Waals surface area contributed by atoms with E-state index in [-0.39, 0.29) is 5.91 Å². The number of nitrogens with zero attached hydrogens (tertiary/aromatic N) is 2. The topological polar surface area (TPSA) is 35.6 Å². The largest absolute Gasteiger partial charge is 0.388 e. The molecule has 0 atom stereocenters. The van der Waals surface area contributed by atoms with E-state index in [1.54, 1.807) is 6.08 Å². The first kappa shape index (κ1) is 17.5. The van der Waals surface area contributed by atoms with Crippen LogP contribution in [0.5, 0.6) is 0 Å². The highest BCUT2D eigenvalue weighted by atomic mass is 16.2. The molecule has 3 rings (SSSR count). The third-order valence-corrected chi connectivity index (χ3v) is 5.04. The maximum atomic E-state index is 13.2. The third-order valence-electron chi connectivity index (χ3n) is 5.04. The number of benzene rings is 1. The second-order valence-corrected chi connectivity index (χ2v) is 6.68. The molecule has 0 spiro atoms. The molecule has 132 valence electrons. The van der Waals surface area contributed by atoms with Crippen molar-refractivity contribution in [3.05, 3.63) is 59.8 Å². The molecular weight excluding hydrogens is 310 g/mol. The van der Waals surface area contributed by atoms with Crippen LogP contribution in [-0.2, 0) is 4.79 Å². The highest BCUT2D eigenvalue weighted by molar-refractivity contribution is 6.32. The zero-order valence-corrected chi connectivity index (χ0v) is 15.2. The summed E-state index contributed by atoms with van der Waals surface area (Å²) < 4.78 is 0. The van der Waals surface area contributed by atoms with Gasteiger partial charge in [-0.15, -0.1) is 0 Å². The van der Waals surface area contributed by atoms with E-state index in [9.17, 15) is 4.79 Å². The van der Waals surface area contributed by atoms with Crippen LogP contribution in [0.25, 0.3) is 5.57 Å². The Hall–Kier alpha value is -2.33. The monoisotopic (exact) mass is 337 g/mol. The maximum Gasteiger partial charge on any atom is 0.260 e. The summed E-state index contributed by atoms with van der Waals surface area (Å²) in [6.07, 6.45) is 7.49. The summed E-state index contributed by atoms with van der Waals surface area (Å²) >= 11 is 0. The van der Waals surface area contributed by atoms with Gasteiger partial charge in [-0.05, 0) is 50.6 Å². The summed E-state index contributed by atoms with van der Waals surface area (Å²) in [6, 6.07) is 8.07. The molecule has 1 aromatic carbocycles. The maximum absolute atomic E-state index is 13.2. The number of rotatable bonds is 5. The number of nitrogens with one attached hydrogen (secondary N) is 1. The van der Waals surface area contributed by atoms with Crippen LogP contribution < -0.4 is 10.2 Å². The van der Waals surface area contributed by atoms with Gasteiger partial charge in [0.2, 0.25) is 0 Å². The minimum atomic E-state index is 0.0800. The molecule has 2 aliphatic heterocycles. The van der Waals surface area contributed by atoms with Crippen molar-refractivity contribution >= 4 is 17.2 Å². The van der Waals surface area contributed by atoms with Crippen LogP contribution in [0.4, 0.5) is 5.69 Å². The molecule has 0 aliphatic carbocycles. The van der Waals surface area contributed by atoms with Gasteiger partial charge in [-0.2, -0.15) is 0 Å². The zero-order valence-electron chi connectivity index (χ0n) is 15.2. The highest BCUT2D eigenvalue weighted by Crippen LogP contribution is 2.37. The fourth-order valence-corrected chi connectivity index (χ4v) is 3.52. The van der Waals surface area contributed by atoms with E-state index < -0.39 is 0 Å². The second-order valence-electron chi connectivity index (χ2n) is 6.68. The number of piperidine rings is 1. The first-order valence-electron chi connectivity index (χ1n) is 9.02. The highest BCUT2D eigenvalue weighted by Gasteiger charge is 2.33. The van der Waals surface area contributed by atoms with Gasteiger partial charge in [0.05, 0.1) is 17.9 Å². The Morgan fingerprint density at radius 2 is 1.96 bits per heavy atom. The first-order valence-corrected chi connectivity index (χ1v) is 9.02. The van der Waals surface area contributed by atoms with Gasteiger partial charge in [0.25, 0.3) is 5.91 Å². The lowest BCUT2D eigenvalue weighted by atomic mass is 10.0. The van der Waals surface area contributed by atoms with E-state index in [4.69, 9.17) is 0 Å². The predicted octanol–water partition coefficient (Wildman–Crippen LogP) is 3.54. The zero-order chi connectivity index (χ0) is 17.8. The number of carbonyl (C=O) groups is 1. The number of carbonyl (C=O) groups excluding carboxylic acids is 1. The van der Waals surface area contributed by atoms with Crippen LogP contribution in [0.1, 0.15) is 31.7 Å². The van der Waals surface area contributed by atoms with Crippen LogP contribution in [0.15, 0.2) is 54.3 Å². The number of amides is 1. The van der Waals surface area contributed by atoms with Crippen molar-refractivity contribution in [2.75, 3.05) is 31.7 Å². The van der Waals surface area contributed by atoms with Crippen molar-refractivity contribution < 1.29 is 4.79 Å². The van der Waals surface area contributed by atoms with Crippen LogP contribution in [0.2, 0.25) is 0 Å². The molecule has 0 aromatic heterocycles. The van der Waals surface area contributed by atoms with Crippen molar-refractivity contribution in [1.29, 1.82) is 0 Å². The normalized spacial score (nSPS) is 20.5. The number of para-hydroxylation sites is 1. The van der Waals surface area contributed by atoms with Gasteiger partial charge >= 0.3 is 0 Å². The van der Waals surface area contributed by atoms with Crippen molar-refractivity contribution in [2.45, 2.75) is 26.2 Å². The molecule has 0 unspecified atom stereocenters. The van der Waals surface area contributed by atoms with Crippen molar-refractivity contribution in [3.8, 4) is 0 Å². The summed E-state index contributed by atoms with van der Waals surface area (Å²) in [7, 11) is 1.87. The van der Waals surface area contributed by atoms with Gasteiger partial charge < -0.3 is 5.32 Å². The number of likely N-dealkylation sites (N-methyl/N-ethyl adjacent to an activating group) is 1. The molecule has 2 heterocycles. The lowest BCUT2D eigenvalue weighted by Gasteiger charge is -2.30. The van der Waals surface area contributed by atoms with Gasteiger partial charge in [-0.3, -0.25) is 14.6 Å². The van der Waals surface area contributed by atoms with Crippen LogP contribution in [0.3, 0.4) is 0 Å². The molecule has 1 fully saturated rings. The Morgan fingerprint density at radius 3 is 2.64 bits per heavy atom. The minimum absolute atomic E-state index is 0.0800. The molecule has 2 aliphatic rings. The van der Waals surface area contributed by atoms with Gasteiger partial charge in [-0.1, -0.05) is 37.3 Å². The van der Waals surface area contributed by atoms with E-state index in [1.165, 1.54) is 19.3 Å². The fourth-order valence-electron chi connectivity index (χ4n) is 3.52. The molecule has 0 saturated carbocycles. The molecular formula is C21H27N3O. The average molecular weight is 337 g/mol. The van der Waals surface area contributed by atoms with Gasteiger partial charge in [0, 0.05) is 18.3 Å². The molecule has 0 radical (unpaired) electrons. The fraction of sp³-hybridized carbons (Fsp3) is 0.381. The average Bonchev–Trinajstić information content (AvgIpc) is 2.92. The predicted molar refractivity (Wildman–Crippen MR) is 104 cm³/mol. The van der Waals surface area contributed by atoms with Crippen molar-refractivity contribution in [1.82, 2.24) is 10.2 Å². The standard InChI is InChI=1S/C21H27N3O/c1-4-16(2)19(22-3)14-18-17-10-6-7-11-20(17)24(21(18)25)15-23-12-8-5-9-13-23/h4,6-7,10-11,14,22H,1,5,8-9,12-13,15H2,2-3H3/b18-14-,19-16-. The second kappa shape index (κ2) is 7.70. The first-order chi connectivity index (χ1) is 12.2. The van der Waals surface area contributed by atoms with E-state index in [0.717, 1.165) is 41.2 Å². The van der Waals surface area contributed by atoms with Crippen LogP contribution in [0, 0.1) is 0 Å². The Balaban J connectivity index is 1.96.